The van der Waals surface area contributed by atoms with Gasteiger partial charge in [-0.3, -0.25) is 4.98 Å². The second-order valence-electron chi connectivity index (χ2n) is 5.45. The molecule has 98 valence electrons. The van der Waals surface area contributed by atoms with Crippen LogP contribution in [0.25, 0.3) is 0 Å². The van der Waals surface area contributed by atoms with Crippen LogP contribution in [0.4, 0.5) is 0 Å². The van der Waals surface area contributed by atoms with Gasteiger partial charge in [0.1, 0.15) is 0 Å². The van der Waals surface area contributed by atoms with E-state index in [1.54, 1.807) is 0 Å². The summed E-state index contributed by atoms with van der Waals surface area (Å²) in [5.74, 6) is 0.783. The molecule has 2 N–H and O–H groups in total. The molecular weight excluding hydrogens is 232 g/mol. The van der Waals surface area contributed by atoms with Gasteiger partial charge < -0.3 is 5.73 Å². The first kappa shape index (κ1) is 12.4. The molecule has 0 radical (unpaired) electrons. The van der Waals surface area contributed by atoms with Gasteiger partial charge in [-0.05, 0) is 48.4 Å². The van der Waals surface area contributed by atoms with Crippen LogP contribution in [-0.4, -0.2) is 4.98 Å². The van der Waals surface area contributed by atoms with Crippen molar-refractivity contribution in [3.63, 3.8) is 0 Å². The Bertz CT molecular complexity index is 556. The first-order valence-corrected chi connectivity index (χ1v) is 7.02. The molecule has 1 fully saturated rings. The van der Waals surface area contributed by atoms with Crippen LogP contribution in [0.3, 0.4) is 0 Å². The van der Waals surface area contributed by atoms with E-state index < -0.39 is 0 Å². The largest absolute Gasteiger partial charge is 0.320 e. The molecule has 0 bridgehead atoms. The van der Waals surface area contributed by atoms with E-state index >= 15 is 0 Å². The maximum Gasteiger partial charge on any atom is 0.0569 e. The predicted octanol–water partition coefficient (Wildman–Crippen LogP) is 3.71. The van der Waals surface area contributed by atoms with Crippen LogP contribution in [0.5, 0.6) is 0 Å². The lowest BCUT2D eigenvalue weighted by molar-refractivity contribution is 0.419. The maximum absolute atomic E-state index is 6.35. The van der Waals surface area contributed by atoms with Crippen LogP contribution in [0.1, 0.15) is 53.6 Å². The number of aryl methyl sites for hydroxylation is 1. The van der Waals surface area contributed by atoms with Gasteiger partial charge in [0.25, 0.3) is 0 Å². The third-order valence-corrected chi connectivity index (χ3v) is 4.26. The van der Waals surface area contributed by atoms with Crippen molar-refractivity contribution in [1.82, 2.24) is 4.98 Å². The second-order valence-corrected chi connectivity index (χ2v) is 5.45. The summed E-state index contributed by atoms with van der Waals surface area (Å²) in [6, 6.07) is 12.8. The molecule has 1 heterocycles. The number of benzene rings is 1. The zero-order valence-electron chi connectivity index (χ0n) is 11.3. The van der Waals surface area contributed by atoms with Crippen LogP contribution in [0.15, 0.2) is 42.6 Å². The fourth-order valence-corrected chi connectivity index (χ4v) is 2.72. The smallest absolute Gasteiger partial charge is 0.0569 e. The normalized spacial score (nSPS) is 16.9. The fourth-order valence-electron chi connectivity index (χ4n) is 2.72. The molecule has 1 unspecified atom stereocenters. The van der Waals surface area contributed by atoms with Gasteiger partial charge in [0.15, 0.2) is 0 Å². The Morgan fingerprint density at radius 2 is 1.89 bits per heavy atom. The molecule has 2 aromatic rings. The number of hydrogen-bond acceptors (Lipinski definition) is 2. The van der Waals surface area contributed by atoms with Crippen molar-refractivity contribution < 1.29 is 0 Å². The van der Waals surface area contributed by atoms with Crippen LogP contribution >= 0.6 is 0 Å². The first-order valence-electron chi connectivity index (χ1n) is 7.02. The molecule has 1 saturated carbocycles. The summed E-state index contributed by atoms with van der Waals surface area (Å²) in [6.45, 7) is 2.01. The quantitative estimate of drug-likeness (QED) is 0.904. The van der Waals surface area contributed by atoms with E-state index in [1.807, 2.05) is 19.2 Å². The van der Waals surface area contributed by atoms with Gasteiger partial charge >= 0.3 is 0 Å². The third-order valence-electron chi connectivity index (χ3n) is 4.26. The average molecular weight is 252 g/mol. The van der Waals surface area contributed by atoms with Gasteiger partial charge in [0.2, 0.25) is 0 Å². The Kier molecular flexibility index (Phi) is 3.34. The van der Waals surface area contributed by atoms with Crippen molar-refractivity contribution in [2.75, 3.05) is 0 Å². The minimum atomic E-state index is -0.0795. The summed E-state index contributed by atoms with van der Waals surface area (Å²) < 4.78 is 0. The van der Waals surface area contributed by atoms with Gasteiger partial charge in [-0.1, -0.05) is 36.8 Å². The number of hydrogen-bond donors (Lipinski definition) is 1. The Morgan fingerprint density at radius 1 is 1.16 bits per heavy atom. The molecule has 0 aliphatic heterocycles. The first-order chi connectivity index (χ1) is 9.25. The minimum absolute atomic E-state index is 0.0795. The van der Waals surface area contributed by atoms with Crippen LogP contribution in [0, 0.1) is 6.92 Å². The third kappa shape index (κ3) is 2.41. The highest BCUT2D eigenvalue weighted by atomic mass is 14.7. The highest BCUT2D eigenvalue weighted by Crippen LogP contribution is 2.36. The summed E-state index contributed by atoms with van der Waals surface area (Å²) in [4.78, 5) is 4.31. The Balaban J connectivity index is 1.83. The molecule has 0 saturated heterocycles. The van der Waals surface area contributed by atoms with Gasteiger partial charge in [0.05, 0.1) is 6.04 Å². The SMILES string of the molecule is Cc1ncccc1C(N)c1ccc(C2CCC2)cc1. The van der Waals surface area contributed by atoms with E-state index in [1.165, 1.54) is 30.4 Å². The summed E-state index contributed by atoms with van der Waals surface area (Å²) in [5.41, 5.74) is 11.1. The van der Waals surface area contributed by atoms with Gasteiger partial charge in [-0.15, -0.1) is 0 Å². The van der Waals surface area contributed by atoms with E-state index in [9.17, 15) is 0 Å². The van der Waals surface area contributed by atoms with E-state index in [-0.39, 0.29) is 6.04 Å². The summed E-state index contributed by atoms with van der Waals surface area (Å²) in [5, 5.41) is 0. The molecule has 2 heteroatoms. The molecule has 0 amide bonds. The monoisotopic (exact) mass is 252 g/mol. The Labute approximate surface area is 114 Å². The van der Waals surface area contributed by atoms with Crippen molar-refractivity contribution in [2.24, 2.45) is 5.73 Å². The van der Waals surface area contributed by atoms with E-state index in [2.05, 4.69) is 35.3 Å². The highest BCUT2D eigenvalue weighted by molar-refractivity contribution is 5.35. The number of aromatic nitrogens is 1. The molecule has 0 spiro atoms. The van der Waals surface area contributed by atoms with Gasteiger partial charge in [0, 0.05) is 11.9 Å². The summed E-state index contributed by atoms with van der Waals surface area (Å²) in [6.07, 6.45) is 5.87. The lowest BCUT2D eigenvalue weighted by atomic mass is 9.79. The van der Waals surface area contributed by atoms with Gasteiger partial charge in [-0.2, -0.15) is 0 Å². The van der Waals surface area contributed by atoms with E-state index in [0.717, 1.165) is 17.2 Å². The number of rotatable bonds is 3. The molecule has 1 aromatic carbocycles. The van der Waals surface area contributed by atoms with E-state index in [4.69, 9.17) is 5.73 Å². The average Bonchev–Trinajstić information content (AvgIpc) is 2.37. The molecule has 1 atom stereocenters. The molecule has 1 aliphatic rings. The molecule has 3 rings (SSSR count). The van der Waals surface area contributed by atoms with Crippen molar-refractivity contribution in [3.8, 4) is 0 Å². The number of nitrogens with two attached hydrogens (primary N) is 1. The zero-order chi connectivity index (χ0) is 13.2. The summed E-state index contributed by atoms with van der Waals surface area (Å²) >= 11 is 0. The van der Waals surface area contributed by atoms with Crippen molar-refractivity contribution in [2.45, 2.75) is 38.1 Å². The summed E-state index contributed by atoms with van der Waals surface area (Å²) in [7, 11) is 0. The second kappa shape index (κ2) is 5.14. The van der Waals surface area contributed by atoms with Crippen molar-refractivity contribution >= 4 is 0 Å². The number of nitrogens with zero attached hydrogens (tertiary/aromatic N) is 1. The Morgan fingerprint density at radius 3 is 2.47 bits per heavy atom. The predicted molar refractivity (Wildman–Crippen MR) is 78.0 cm³/mol. The van der Waals surface area contributed by atoms with Crippen molar-refractivity contribution in [3.05, 3.63) is 65.0 Å². The van der Waals surface area contributed by atoms with Crippen LogP contribution in [-0.2, 0) is 0 Å². The van der Waals surface area contributed by atoms with Gasteiger partial charge in [-0.25, -0.2) is 0 Å². The topological polar surface area (TPSA) is 38.9 Å². The molecule has 19 heavy (non-hydrogen) atoms. The maximum atomic E-state index is 6.35. The minimum Gasteiger partial charge on any atom is -0.320 e. The molecule has 1 aliphatic carbocycles. The van der Waals surface area contributed by atoms with Crippen LogP contribution < -0.4 is 5.73 Å². The standard InChI is InChI=1S/C17H20N2/c1-12-16(6-3-11-19-12)17(18)15-9-7-14(8-10-15)13-4-2-5-13/h3,6-11,13,17H,2,4-5,18H2,1H3. The molecular formula is C17H20N2. The zero-order valence-corrected chi connectivity index (χ0v) is 11.3. The van der Waals surface area contributed by atoms with Crippen LogP contribution in [0.2, 0.25) is 0 Å². The number of pyridine rings is 1. The van der Waals surface area contributed by atoms with E-state index in [0.29, 0.717) is 0 Å². The highest BCUT2D eigenvalue weighted by Gasteiger charge is 2.19. The fraction of sp³-hybridized carbons (Fsp3) is 0.353. The molecule has 1 aromatic heterocycles. The lowest BCUT2D eigenvalue weighted by Crippen LogP contribution is -2.14. The Hall–Kier alpha value is -1.67. The van der Waals surface area contributed by atoms with Crippen molar-refractivity contribution in [1.29, 1.82) is 0 Å². The lowest BCUT2D eigenvalue weighted by Gasteiger charge is -2.26. The molecule has 2 nitrogen and oxygen atoms in total.